The van der Waals surface area contributed by atoms with Crippen molar-refractivity contribution < 1.29 is 15.0 Å². The van der Waals surface area contributed by atoms with Crippen molar-refractivity contribution in [3.8, 4) is 5.75 Å². The number of nitroso groups, excluding NO2 is 1. The van der Waals surface area contributed by atoms with E-state index in [1.54, 1.807) is 12.1 Å². The molecule has 0 aliphatic carbocycles. The van der Waals surface area contributed by atoms with Crippen molar-refractivity contribution in [1.82, 2.24) is 5.43 Å². The highest BCUT2D eigenvalue weighted by Gasteiger charge is 2.12. The van der Waals surface area contributed by atoms with Gasteiger partial charge >= 0.3 is 0 Å². The molecule has 0 radical (unpaired) electrons. The molecule has 0 saturated heterocycles. The van der Waals surface area contributed by atoms with Gasteiger partial charge in [-0.2, -0.15) is 0 Å². The lowest BCUT2D eigenvalue weighted by atomic mass is 10.1. The van der Waals surface area contributed by atoms with Gasteiger partial charge in [-0.25, -0.2) is 0 Å². The summed E-state index contributed by atoms with van der Waals surface area (Å²) < 4.78 is 0. The number of nitrogens with one attached hydrogen (secondary N) is 2. The highest BCUT2D eigenvalue weighted by Crippen LogP contribution is 2.31. The van der Waals surface area contributed by atoms with Crippen LogP contribution in [0.2, 0.25) is 10.0 Å². The molecule has 0 unspecified atom stereocenters. The van der Waals surface area contributed by atoms with Gasteiger partial charge in [-0.1, -0.05) is 35.3 Å². The summed E-state index contributed by atoms with van der Waals surface area (Å²) in [7, 11) is 0. The number of rotatable bonds is 5. The van der Waals surface area contributed by atoms with Crippen LogP contribution in [0.25, 0.3) is 0 Å². The Labute approximate surface area is 141 Å². The first-order chi connectivity index (χ1) is 11.0. The Balaban J connectivity index is 2.04. The van der Waals surface area contributed by atoms with Crippen LogP contribution in [-0.2, 0) is 11.2 Å². The number of halogens is 2. The van der Waals surface area contributed by atoms with Crippen LogP contribution < -0.4 is 10.5 Å². The summed E-state index contributed by atoms with van der Waals surface area (Å²) in [4.78, 5) is 22.4. The lowest BCUT2D eigenvalue weighted by molar-refractivity contribution is -0.505. The van der Waals surface area contributed by atoms with Crippen molar-refractivity contribution in [2.45, 2.75) is 6.42 Å². The van der Waals surface area contributed by atoms with Crippen LogP contribution in [0, 0.1) is 4.91 Å². The largest absolute Gasteiger partial charge is 0.508 e. The minimum Gasteiger partial charge on any atom is -0.508 e. The summed E-state index contributed by atoms with van der Waals surface area (Å²) in [6.45, 7) is 0. The van der Waals surface area contributed by atoms with Crippen molar-refractivity contribution in [3.05, 3.63) is 62.5 Å². The van der Waals surface area contributed by atoms with E-state index in [4.69, 9.17) is 23.2 Å². The minimum absolute atomic E-state index is 0.0511. The van der Waals surface area contributed by atoms with Gasteiger partial charge in [-0.3, -0.25) is 4.79 Å². The molecule has 0 bridgehead atoms. The van der Waals surface area contributed by atoms with Crippen LogP contribution in [0.1, 0.15) is 11.1 Å². The molecule has 0 aliphatic rings. The quantitative estimate of drug-likeness (QED) is 0.435. The van der Waals surface area contributed by atoms with Gasteiger partial charge in [-0.15, -0.1) is 15.4 Å². The molecular weight excluding hydrogens is 341 g/mol. The number of phenolic OH excluding ortho intramolecular Hbond substituents is 1. The van der Waals surface area contributed by atoms with Gasteiger partial charge in [0.25, 0.3) is 5.91 Å². The van der Waals surface area contributed by atoms with Crippen LogP contribution in [0.15, 0.2) is 41.6 Å². The highest BCUT2D eigenvalue weighted by molar-refractivity contribution is 6.40. The maximum absolute atomic E-state index is 11.8. The molecule has 118 valence electrons. The molecule has 0 heterocycles. The van der Waals surface area contributed by atoms with Crippen LogP contribution in [0.5, 0.6) is 5.75 Å². The average molecular weight is 353 g/mol. The van der Waals surface area contributed by atoms with E-state index in [-0.39, 0.29) is 28.8 Å². The predicted molar refractivity (Wildman–Crippen MR) is 88.0 cm³/mol. The fourth-order valence-electron chi connectivity index (χ4n) is 1.85. The van der Waals surface area contributed by atoms with Crippen molar-refractivity contribution in [3.63, 3.8) is 0 Å². The van der Waals surface area contributed by atoms with Gasteiger partial charge < -0.3 is 5.11 Å². The first-order valence-corrected chi connectivity index (χ1v) is 7.23. The Morgan fingerprint density at radius 2 is 2.09 bits per heavy atom. The van der Waals surface area contributed by atoms with Crippen molar-refractivity contribution in [1.29, 1.82) is 0 Å². The van der Waals surface area contributed by atoms with Crippen LogP contribution in [0.3, 0.4) is 0 Å². The van der Waals surface area contributed by atoms with E-state index in [0.717, 1.165) is 0 Å². The average Bonchev–Trinajstić information content (AvgIpc) is 2.50. The van der Waals surface area contributed by atoms with Crippen LogP contribution >= 0.6 is 23.2 Å². The van der Waals surface area contributed by atoms with Gasteiger partial charge in [0.15, 0.2) is 0 Å². The fraction of sp³-hybridized carbons (Fsp3) is 0.0667. The lowest BCUT2D eigenvalue weighted by Crippen LogP contribution is -2.82. The first-order valence-electron chi connectivity index (χ1n) is 6.48. The first kappa shape index (κ1) is 16.9. The van der Waals surface area contributed by atoms with E-state index in [1.807, 2.05) is 0 Å². The molecule has 0 saturated carbocycles. The molecule has 2 aromatic rings. The normalized spacial score (nSPS) is 10.7. The molecule has 3 N–H and O–H groups in total. The van der Waals surface area contributed by atoms with Crippen molar-refractivity contribution in [2.24, 2.45) is 5.18 Å². The number of hydrogen-bond acceptors (Lipinski definition) is 4. The Hall–Kier alpha value is -2.44. The number of hydrazine groups is 1. The number of carbonyl (C=O) groups is 1. The summed E-state index contributed by atoms with van der Waals surface area (Å²) in [6.07, 6.45) is 1.44. The molecule has 8 heteroatoms. The van der Waals surface area contributed by atoms with Crippen LogP contribution in [-0.4, -0.2) is 17.2 Å². The SMILES string of the molecule is O=Nc1ccc(Cl)c(/C=[NH+]/NC(=O)Cc2cccc(O)c2)c1Cl. The minimum atomic E-state index is -0.330. The van der Waals surface area contributed by atoms with Crippen molar-refractivity contribution >= 4 is 41.0 Å². The van der Waals surface area contributed by atoms with E-state index in [1.165, 1.54) is 30.5 Å². The number of hydrogen-bond donors (Lipinski definition) is 3. The second-order valence-electron chi connectivity index (χ2n) is 4.57. The molecule has 0 aromatic heterocycles. The summed E-state index contributed by atoms with van der Waals surface area (Å²) in [5.41, 5.74) is 3.49. The van der Waals surface area contributed by atoms with Crippen LogP contribution in [0.4, 0.5) is 5.69 Å². The maximum Gasteiger partial charge on any atom is 0.278 e. The third kappa shape index (κ3) is 4.51. The zero-order valence-corrected chi connectivity index (χ0v) is 13.2. The molecule has 1 amide bonds. The molecule has 23 heavy (non-hydrogen) atoms. The number of hydrazone groups is 1. The van der Waals surface area contributed by atoms with Gasteiger partial charge in [0, 0.05) is 0 Å². The third-order valence-electron chi connectivity index (χ3n) is 2.91. The van der Waals surface area contributed by atoms with E-state index in [0.29, 0.717) is 16.1 Å². The monoisotopic (exact) mass is 352 g/mol. The lowest BCUT2D eigenvalue weighted by Gasteiger charge is -2.01. The topological polar surface area (TPSA) is 92.7 Å². The molecular formula is C15H12Cl2N3O3+. The second-order valence-corrected chi connectivity index (χ2v) is 5.35. The molecule has 0 atom stereocenters. The zero-order valence-electron chi connectivity index (χ0n) is 11.7. The van der Waals surface area contributed by atoms with Crippen molar-refractivity contribution in [2.75, 3.05) is 0 Å². The summed E-state index contributed by atoms with van der Waals surface area (Å²) in [5, 5.41) is 15.1. The number of carbonyl (C=O) groups excluding carboxylic acids is 1. The van der Waals surface area contributed by atoms with Gasteiger partial charge in [-0.05, 0) is 35.0 Å². The van der Waals surface area contributed by atoms with Gasteiger partial charge in [0.1, 0.15) is 11.4 Å². The summed E-state index contributed by atoms with van der Waals surface area (Å²) in [6, 6.07) is 9.26. The Morgan fingerprint density at radius 1 is 1.30 bits per heavy atom. The summed E-state index contributed by atoms with van der Waals surface area (Å²) in [5.74, 6) is -0.240. The number of benzene rings is 2. The standard InChI is InChI=1S/C15H11Cl2N3O3/c16-12-4-5-13(20-23)15(17)11(12)8-18-19-14(22)7-9-2-1-3-10(21)6-9/h1-6,8,21H,7H2,(H,19,22)/p+1/b18-8+. The smallest absolute Gasteiger partial charge is 0.278 e. The highest BCUT2D eigenvalue weighted by atomic mass is 35.5. The summed E-state index contributed by atoms with van der Waals surface area (Å²) >= 11 is 12.0. The fourth-order valence-corrected chi connectivity index (χ4v) is 2.36. The Bertz CT molecular complexity index is 779. The number of amides is 1. The Morgan fingerprint density at radius 3 is 2.78 bits per heavy atom. The molecule has 0 aliphatic heterocycles. The van der Waals surface area contributed by atoms with E-state index >= 15 is 0 Å². The van der Waals surface area contributed by atoms with Gasteiger partial charge in [0.05, 0.1) is 22.0 Å². The Kier molecular flexibility index (Phi) is 5.67. The third-order valence-corrected chi connectivity index (χ3v) is 3.63. The van der Waals surface area contributed by atoms with Gasteiger partial charge in [0.2, 0.25) is 6.21 Å². The number of phenols is 1. The maximum atomic E-state index is 11.8. The number of aromatic hydroxyl groups is 1. The molecule has 0 spiro atoms. The second kappa shape index (κ2) is 7.71. The molecule has 6 nitrogen and oxygen atoms in total. The number of nitrogens with zero attached hydrogens (tertiary/aromatic N) is 1. The molecule has 2 rings (SSSR count). The van der Waals surface area contributed by atoms with E-state index < -0.39 is 0 Å². The predicted octanol–water partition coefficient (Wildman–Crippen LogP) is 1.87. The van der Waals surface area contributed by atoms with E-state index in [2.05, 4.69) is 15.7 Å². The molecule has 2 aromatic carbocycles. The molecule has 0 fully saturated rings. The zero-order chi connectivity index (χ0) is 16.8. The van der Waals surface area contributed by atoms with E-state index in [9.17, 15) is 14.8 Å².